The SMILES string of the molecule is O=P(Oc1ccccc1)(Oc1ccccc1)[C@H]1C[C@@H]2CC[C@H]1C2. The van der Waals surface area contributed by atoms with Gasteiger partial charge in [-0.2, -0.15) is 0 Å². The van der Waals surface area contributed by atoms with Crippen LogP contribution in [-0.4, -0.2) is 5.66 Å². The molecule has 120 valence electrons. The fourth-order valence-electron chi connectivity index (χ4n) is 4.01. The molecule has 0 saturated heterocycles. The van der Waals surface area contributed by atoms with Crippen molar-refractivity contribution in [3.8, 4) is 11.5 Å². The molecular formula is C19H21O3P. The first-order valence-corrected chi connectivity index (χ1v) is 9.93. The molecule has 2 aliphatic carbocycles. The van der Waals surface area contributed by atoms with E-state index in [9.17, 15) is 4.57 Å². The maximum absolute atomic E-state index is 13.7. The molecule has 0 aromatic heterocycles. The highest BCUT2D eigenvalue weighted by Crippen LogP contribution is 2.64. The van der Waals surface area contributed by atoms with E-state index in [-0.39, 0.29) is 5.66 Å². The molecular weight excluding hydrogens is 307 g/mol. The zero-order valence-corrected chi connectivity index (χ0v) is 13.9. The van der Waals surface area contributed by atoms with Crippen LogP contribution in [0.4, 0.5) is 0 Å². The van der Waals surface area contributed by atoms with Gasteiger partial charge in [0.15, 0.2) is 0 Å². The lowest BCUT2D eigenvalue weighted by Crippen LogP contribution is -2.22. The zero-order chi connectivity index (χ0) is 15.7. The van der Waals surface area contributed by atoms with Gasteiger partial charge in [0.1, 0.15) is 11.5 Å². The average Bonchev–Trinajstić information content (AvgIpc) is 3.20. The highest BCUT2D eigenvalue weighted by atomic mass is 31.2. The van der Waals surface area contributed by atoms with E-state index in [4.69, 9.17) is 9.05 Å². The van der Waals surface area contributed by atoms with Gasteiger partial charge in [-0.05, 0) is 55.4 Å². The Labute approximate surface area is 137 Å². The van der Waals surface area contributed by atoms with Gasteiger partial charge in [-0.1, -0.05) is 42.8 Å². The molecule has 0 N–H and O–H groups in total. The Kier molecular flexibility index (Phi) is 3.90. The van der Waals surface area contributed by atoms with E-state index in [1.54, 1.807) is 0 Å². The summed E-state index contributed by atoms with van der Waals surface area (Å²) in [6.07, 6.45) is 4.54. The second-order valence-electron chi connectivity index (χ2n) is 6.59. The van der Waals surface area contributed by atoms with Crippen LogP contribution in [0, 0.1) is 11.8 Å². The molecule has 2 aromatic carbocycles. The first kappa shape index (κ1) is 14.8. The lowest BCUT2D eigenvalue weighted by Gasteiger charge is -2.30. The minimum absolute atomic E-state index is 0.0154. The van der Waals surface area contributed by atoms with Gasteiger partial charge >= 0.3 is 7.60 Å². The van der Waals surface area contributed by atoms with Gasteiger partial charge < -0.3 is 9.05 Å². The molecule has 0 radical (unpaired) electrons. The summed E-state index contributed by atoms with van der Waals surface area (Å²) in [6.45, 7) is 0. The summed E-state index contributed by atoms with van der Waals surface area (Å²) in [7, 11) is -3.25. The van der Waals surface area contributed by atoms with E-state index in [1.807, 2.05) is 60.7 Å². The molecule has 2 bridgehead atoms. The van der Waals surface area contributed by atoms with E-state index in [2.05, 4.69) is 0 Å². The second-order valence-corrected chi connectivity index (χ2v) is 8.70. The summed E-state index contributed by atoms with van der Waals surface area (Å²) < 4.78 is 25.7. The quantitative estimate of drug-likeness (QED) is 0.677. The fourth-order valence-corrected chi connectivity index (χ4v) is 6.49. The maximum atomic E-state index is 13.7. The molecule has 0 heterocycles. The predicted molar refractivity (Wildman–Crippen MR) is 91.0 cm³/mol. The number of rotatable bonds is 5. The molecule has 2 saturated carbocycles. The first-order chi connectivity index (χ1) is 11.2. The summed E-state index contributed by atoms with van der Waals surface area (Å²) in [5, 5.41) is 0. The molecule has 0 spiro atoms. The molecule has 0 aliphatic heterocycles. The standard InChI is InChI=1S/C19H21O3P/c20-23(21-17-7-3-1-4-8-17,22-18-9-5-2-6-10-18)19-14-15-11-12-16(19)13-15/h1-10,15-16,19H,11-14H2/t15-,16+,19+/m1/s1. The largest absolute Gasteiger partial charge is 0.434 e. The number of hydrogen-bond donors (Lipinski definition) is 0. The van der Waals surface area contributed by atoms with E-state index in [0.717, 1.165) is 12.8 Å². The molecule has 4 heteroatoms. The van der Waals surface area contributed by atoms with Crippen molar-refractivity contribution in [1.82, 2.24) is 0 Å². The van der Waals surface area contributed by atoms with E-state index < -0.39 is 7.60 Å². The van der Waals surface area contributed by atoms with Gasteiger partial charge in [0.2, 0.25) is 0 Å². The third kappa shape index (κ3) is 3.03. The molecule has 3 nitrogen and oxygen atoms in total. The van der Waals surface area contributed by atoms with Crippen LogP contribution < -0.4 is 9.05 Å². The van der Waals surface area contributed by atoms with Crippen LogP contribution in [0.1, 0.15) is 25.7 Å². The maximum Gasteiger partial charge on any atom is 0.434 e. The molecule has 2 aromatic rings. The van der Waals surface area contributed by atoms with Crippen molar-refractivity contribution in [3.05, 3.63) is 60.7 Å². The van der Waals surface area contributed by atoms with Gasteiger partial charge in [-0.25, -0.2) is 4.57 Å². The number of hydrogen-bond acceptors (Lipinski definition) is 3. The Morgan fingerprint density at radius 1 is 0.783 bits per heavy atom. The minimum Gasteiger partial charge on any atom is -0.416 e. The predicted octanol–water partition coefficient (Wildman–Crippen LogP) is 5.53. The summed E-state index contributed by atoms with van der Waals surface area (Å²) in [5.41, 5.74) is 0.0154. The Bertz CT molecular complexity index is 656. The first-order valence-electron chi connectivity index (χ1n) is 8.32. The minimum atomic E-state index is -3.25. The van der Waals surface area contributed by atoms with Crippen LogP contribution in [0.5, 0.6) is 11.5 Å². The molecule has 3 atom stereocenters. The smallest absolute Gasteiger partial charge is 0.416 e. The fraction of sp³-hybridized carbons (Fsp3) is 0.368. The van der Waals surface area contributed by atoms with Gasteiger partial charge in [-0.3, -0.25) is 0 Å². The molecule has 23 heavy (non-hydrogen) atoms. The molecule has 4 rings (SSSR count). The van der Waals surface area contributed by atoms with Crippen LogP contribution in [0.3, 0.4) is 0 Å². The van der Waals surface area contributed by atoms with Crippen molar-refractivity contribution < 1.29 is 13.6 Å². The van der Waals surface area contributed by atoms with Crippen molar-refractivity contribution >= 4 is 7.60 Å². The number of fused-ring (bicyclic) bond motifs is 2. The Balaban J connectivity index is 1.64. The van der Waals surface area contributed by atoms with E-state index in [0.29, 0.717) is 23.3 Å². The highest BCUT2D eigenvalue weighted by molar-refractivity contribution is 7.55. The summed E-state index contributed by atoms with van der Waals surface area (Å²) in [5.74, 6) is 2.40. The zero-order valence-electron chi connectivity index (χ0n) is 13.0. The van der Waals surface area contributed by atoms with Crippen molar-refractivity contribution in [2.24, 2.45) is 11.8 Å². The lowest BCUT2D eigenvalue weighted by atomic mass is 10.0. The van der Waals surface area contributed by atoms with Crippen molar-refractivity contribution in [3.63, 3.8) is 0 Å². The second kappa shape index (κ2) is 6.05. The van der Waals surface area contributed by atoms with Crippen LogP contribution >= 0.6 is 7.60 Å². The number of benzene rings is 2. The van der Waals surface area contributed by atoms with Gasteiger partial charge in [0, 0.05) is 0 Å². The Morgan fingerprint density at radius 2 is 1.35 bits per heavy atom. The van der Waals surface area contributed by atoms with Crippen molar-refractivity contribution in [1.29, 1.82) is 0 Å². The van der Waals surface area contributed by atoms with Gasteiger partial charge in [0.25, 0.3) is 0 Å². The van der Waals surface area contributed by atoms with Crippen molar-refractivity contribution in [2.75, 3.05) is 0 Å². The number of para-hydroxylation sites is 2. The molecule has 2 fully saturated rings. The molecule has 2 aliphatic rings. The topological polar surface area (TPSA) is 35.5 Å². The highest BCUT2D eigenvalue weighted by Gasteiger charge is 2.52. The summed E-state index contributed by atoms with van der Waals surface area (Å²) in [4.78, 5) is 0. The van der Waals surface area contributed by atoms with Crippen LogP contribution in [-0.2, 0) is 4.57 Å². The third-order valence-corrected chi connectivity index (χ3v) is 7.43. The Morgan fingerprint density at radius 3 is 1.78 bits per heavy atom. The molecule has 0 amide bonds. The van der Waals surface area contributed by atoms with Crippen LogP contribution in [0.2, 0.25) is 0 Å². The third-order valence-electron chi connectivity index (χ3n) is 5.06. The monoisotopic (exact) mass is 328 g/mol. The lowest BCUT2D eigenvalue weighted by molar-refractivity contribution is 0.343. The average molecular weight is 328 g/mol. The van der Waals surface area contributed by atoms with Gasteiger partial charge in [0.05, 0.1) is 5.66 Å². The van der Waals surface area contributed by atoms with Crippen LogP contribution in [0.25, 0.3) is 0 Å². The Hall–Kier alpha value is -1.73. The normalized spacial score (nSPS) is 26.2. The molecule has 0 unspecified atom stereocenters. The summed E-state index contributed by atoms with van der Waals surface area (Å²) >= 11 is 0. The van der Waals surface area contributed by atoms with Crippen LogP contribution in [0.15, 0.2) is 60.7 Å². The summed E-state index contributed by atoms with van der Waals surface area (Å²) in [6, 6.07) is 18.8. The van der Waals surface area contributed by atoms with E-state index in [1.165, 1.54) is 12.8 Å². The van der Waals surface area contributed by atoms with Gasteiger partial charge in [-0.15, -0.1) is 0 Å². The van der Waals surface area contributed by atoms with Crippen molar-refractivity contribution in [2.45, 2.75) is 31.3 Å². The van der Waals surface area contributed by atoms with E-state index >= 15 is 0 Å².